The van der Waals surface area contributed by atoms with E-state index in [-0.39, 0.29) is 17.5 Å². The number of carbonyl (C=O) groups excluding carboxylic acids is 1. The van der Waals surface area contributed by atoms with Crippen LogP contribution in [0.1, 0.15) is 0 Å². The molecule has 2 N–H and O–H groups in total. The van der Waals surface area contributed by atoms with Crippen LogP contribution in [0.15, 0.2) is 45.3 Å². The minimum atomic E-state index is -0.448. The maximum Gasteiger partial charge on any atom is 0.243 e. The number of benzene rings is 2. The minimum Gasteiger partial charge on any atom is -0.374 e. The number of anilines is 2. The van der Waals surface area contributed by atoms with Crippen LogP contribution in [-0.4, -0.2) is 12.5 Å². The summed E-state index contributed by atoms with van der Waals surface area (Å²) in [4.78, 5) is 11.9. The van der Waals surface area contributed by atoms with Crippen molar-refractivity contribution in [3.63, 3.8) is 0 Å². The first-order valence-electron chi connectivity index (χ1n) is 5.89. The summed E-state index contributed by atoms with van der Waals surface area (Å²) in [7, 11) is 0. The molecule has 0 aliphatic heterocycles. The van der Waals surface area contributed by atoms with Crippen molar-refractivity contribution in [3.8, 4) is 0 Å². The number of hydrogen-bond acceptors (Lipinski definition) is 2. The molecule has 2 aromatic carbocycles. The van der Waals surface area contributed by atoms with E-state index in [9.17, 15) is 9.18 Å². The van der Waals surface area contributed by atoms with Gasteiger partial charge in [-0.2, -0.15) is 0 Å². The first-order valence-corrected chi connectivity index (χ1v) is 7.86. The highest BCUT2D eigenvalue weighted by Gasteiger charge is 2.10. The summed E-state index contributed by atoms with van der Waals surface area (Å²) in [5.74, 6) is -0.684. The summed E-state index contributed by atoms with van der Waals surface area (Å²) >= 11 is 12.5. The van der Waals surface area contributed by atoms with Gasteiger partial charge >= 0.3 is 0 Å². The fourth-order valence-corrected chi connectivity index (χ4v) is 3.01. The molecule has 110 valence electrons. The SMILES string of the molecule is O=C(CNc1c(Cl)cc(F)cc1Br)Nc1cccc(Br)c1. The molecule has 1 amide bonds. The molecule has 0 unspecified atom stereocenters. The fourth-order valence-electron chi connectivity index (χ4n) is 1.65. The van der Waals surface area contributed by atoms with Gasteiger partial charge < -0.3 is 10.6 Å². The summed E-state index contributed by atoms with van der Waals surface area (Å²) in [6, 6.07) is 9.72. The van der Waals surface area contributed by atoms with Gasteiger partial charge in [0, 0.05) is 14.6 Å². The van der Waals surface area contributed by atoms with Gasteiger partial charge in [0.15, 0.2) is 0 Å². The molecule has 0 spiro atoms. The molecular formula is C14H10Br2ClFN2O. The molecule has 0 aliphatic rings. The lowest BCUT2D eigenvalue weighted by molar-refractivity contribution is -0.114. The molecule has 7 heteroatoms. The molecule has 2 rings (SSSR count). The van der Waals surface area contributed by atoms with Gasteiger partial charge in [0.2, 0.25) is 5.91 Å². The molecule has 0 aromatic heterocycles. The Hall–Kier alpha value is -1.11. The van der Waals surface area contributed by atoms with Gasteiger partial charge in [-0.3, -0.25) is 4.79 Å². The Morgan fingerprint density at radius 3 is 2.67 bits per heavy atom. The van der Waals surface area contributed by atoms with E-state index in [1.54, 1.807) is 12.1 Å². The molecule has 0 bridgehead atoms. The van der Waals surface area contributed by atoms with E-state index in [1.807, 2.05) is 12.1 Å². The standard InChI is InChI=1S/C14H10Br2ClFN2O/c15-8-2-1-3-10(4-8)20-13(21)7-19-14-11(16)5-9(18)6-12(14)17/h1-6,19H,7H2,(H,20,21). The Morgan fingerprint density at radius 2 is 2.00 bits per heavy atom. The normalized spacial score (nSPS) is 10.3. The smallest absolute Gasteiger partial charge is 0.243 e. The Bertz CT molecular complexity index is 659. The van der Waals surface area contributed by atoms with Crippen molar-refractivity contribution < 1.29 is 9.18 Å². The summed E-state index contributed by atoms with van der Waals surface area (Å²) in [5, 5.41) is 5.82. The largest absolute Gasteiger partial charge is 0.374 e. The Balaban J connectivity index is 1.99. The molecule has 0 radical (unpaired) electrons. The third-order valence-corrected chi connectivity index (χ3v) is 3.96. The number of carbonyl (C=O) groups is 1. The highest BCUT2D eigenvalue weighted by atomic mass is 79.9. The van der Waals surface area contributed by atoms with Gasteiger partial charge in [-0.25, -0.2) is 4.39 Å². The van der Waals surface area contributed by atoms with Crippen molar-refractivity contribution in [2.24, 2.45) is 0 Å². The number of nitrogens with one attached hydrogen (secondary N) is 2. The predicted octanol–water partition coefficient (Wildman–Crippen LogP) is 5.05. The minimum absolute atomic E-state index is 0.0104. The van der Waals surface area contributed by atoms with Crippen molar-refractivity contribution >= 4 is 60.7 Å². The molecule has 0 fully saturated rings. The first-order chi connectivity index (χ1) is 9.95. The predicted molar refractivity (Wildman–Crippen MR) is 90.4 cm³/mol. The van der Waals surface area contributed by atoms with Gasteiger partial charge in [0.25, 0.3) is 0 Å². The van der Waals surface area contributed by atoms with Gasteiger partial charge in [0.05, 0.1) is 17.3 Å². The van der Waals surface area contributed by atoms with Crippen LogP contribution in [-0.2, 0) is 4.79 Å². The van der Waals surface area contributed by atoms with Crippen molar-refractivity contribution in [1.82, 2.24) is 0 Å². The number of hydrogen-bond donors (Lipinski definition) is 2. The van der Waals surface area contributed by atoms with Gasteiger partial charge in [0.1, 0.15) is 5.82 Å². The van der Waals surface area contributed by atoms with Gasteiger partial charge in [-0.15, -0.1) is 0 Å². The topological polar surface area (TPSA) is 41.1 Å². The number of rotatable bonds is 4. The fraction of sp³-hybridized carbons (Fsp3) is 0.0714. The lowest BCUT2D eigenvalue weighted by Gasteiger charge is -2.11. The van der Waals surface area contributed by atoms with Gasteiger partial charge in [-0.1, -0.05) is 33.6 Å². The number of amides is 1. The lowest BCUT2D eigenvalue weighted by atomic mass is 10.3. The molecule has 2 aromatic rings. The van der Waals surface area contributed by atoms with Crippen LogP contribution in [0, 0.1) is 5.82 Å². The Morgan fingerprint density at radius 1 is 1.24 bits per heavy atom. The zero-order valence-corrected chi connectivity index (χ0v) is 14.5. The molecule has 0 saturated carbocycles. The van der Waals surface area contributed by atoms with Crippen LogP contribution in [0.3, 0.4) is 0 Å². The van der Waals surface area contributed by atoms with Crippen LogP contribution in [0.5, 0.6) is 0 Å². The van der Waals surface area contributed by atoms with E-state index in [1.165, 1.54) is 12.1 Å². The molecular weight excluding hydrogens is 426 g/mol. The molecule has 0 aliphatic carbocycles. The number of halogens is 4. The lowest BCUT2D eigenvalue weighted by Crippen LogP contribution is -2.22. The van der Waals surface area contributed by atoms with Crippen LogP contribution < -0.4 is 10.6 Å². The van der Waals surface area contributed by atoms with E-state index in [4.69, 9.17) is 11.6 Å². The second-order valence-corrected chi connectivity index (χ2v) is 6.33. The molecule has 0 atom stereocenters. The van der Waals surface area contributed by atoms with Gasteiger partial charge in [-0.05, 0) is 46.3 Å². The van der Waals surface area contributed by atoms with Crippen LogP contribution in [0.4, 0.5) is 15.8 Å². The molecule has 0 heterocycles. The average molecular weight is 437 g/mol. The Labute approximate surface area is 143 Å². The summed E-state index contributed by atoms with van der Waals surface area (Å²) in [5.41, 5.74) is 1.16. The van der Waals surface area contributed by atoms with Crippen LogP contribution >= 0.6 is 43.5 Å². The third-order valence-electron chi connectivity index (χ3n) is 2.54. The molecule has 3 nitrogen and oxygen atoms in total. The average Bonchev–Trinajstić information content (AvgIpc) is 2.37. The van der Waals surface area contributed by atoms with E-state index in [2.05, 4.69) is 42.5 Å². The third kappa shape index (κ3) is 4.69. The van der Waals surface area contributed by atoms with Crippen molar-refractivity contribution in [1.29, 1.82) is 0 Å². The maximum atomic E-state index is 13.1. The molecule has 21 heavy (non-hydrogen) atoms. The monoisotopic (exact) mass is 434 g/mol. The Kier molecular flexibility index (Phi) is 5.61. The van der Waals surface area contributed by atoms with Crippen molar-refractivity contribution in [2.75, 3.05) is 17.2 Å². The second kappa shape index (κ2) is 7.24. The van der Waals surface area contributed by atoms with E-state index < -0.39 is 5.82 Å². The zero-order valence-electron chi connectivity index (χ0n) is 10.6. The van der Waals surface area contributed by atoms with E-state index in [0.29, 0.717) is 15.8 Å². The summed E-state index contributed by atoms with van der Waals surface area (Å²) in [6.07, 6.45) is 0. The highest BCUT2D eigenvalue weighted by Crippen LogP contribution is 2.31. The van der Waals surface area contributed by atoms with Crippen LogP contribution in [0.25, 0.3) is 0 Å². The highest BCUT2D eigenvalue weighted by molar-refractivity contribution is 9.10. The summed E-state index contributed by atoms with van der Waals surface area (Å²) < 4.78 is 14.4. The van der Waals surface area contributed by atoms with E-state index in [0.717, 1.165) is 4.47 Å². The first kappa shape index (κ1) is 16.3. The summed E-state index contributed by atoms with van der Waals surface area (Å²) in [6.45, 7) is 0.0104. The zero-order chi connectivity index (χ0) is 15.4. The quantitative estimate of drug-likeness (QED) is 0.704. The maximum absolute atomic E-state index is 13.1. The molecule has 0 saturated heterocycles. The van der Waals surface area contributed by atoms with Crippen LogP contribution in [0.2, 0.25) is 5.02 Å². The second-order valence-electron chi connectivity index (χ2n) is 4.16. The van der Waals surface area contributed by atoms with Crippen molar-refractivity contribution in [3.05, 3.63) is 56.2 Å². The van der Waals surface area contributed by atoms with Crippen molar-refractivity contribution in [2.45, 2.75) is 0 Å². The van der Waals surface area contributed by atoms with E-state index >= 15 is 0 Å².